The van der Waals surface area contributed by atoms with E-state index < -0.39 is 0 Å². The molecular formula is C15H17NO2S. The smallest absolute Gasteiger partial charge is 0.339 e. The minimum atomic E-state index is -0.261. The van der Waals surface area contributed by atoms with Gasteiger partial charge in [0.2, 0.25) is 0 Å². The monoisotopic (exact) mass is 275 g/mol. The van der Waals surface area contributed by atoms with Crippen LogP contribution in [0.15, 0.2) is 41.6 Å². The Bertz CT molecular complexity index is 549. The molecule has 2 rings (SSSR count). The highest BCUT2D eigenvalue weighted by molar-refractivity contribution is 7.98. The first kappa shape index (κ1) is 13.7. The maximum Gasteiger partial charge on any atom is 0.339 e. The number of benzene rings is 1. The van der Waals surface area contributed by atoms with Crippen LogP contribution < -0.4 is 0 Å². The molecule has 3 nitrogen and oxygen atoms in total. The van der Waals surface area contributed by atoms with Crippen molar-refractivity contribution in [2.24, 2.45) is 0 Å². The van der Waals surface area contributed by atoms with Gasteiger partial charge >= 0.3 is 5.97 Å². The highest BCUT2D eigenvalue weighted by Gasteiger charge is 2.15. The zero-order valence-corrected chi connectivity index (χ0v) is 11.9. The lowest BCUT2D eigenvalue weighted by atomic mass is 10.2. The summed E-state index contributed by atoms with van der Waals surface area (Å²) >= 11 is 1.69. The van der Waals surface area contributed by atoms with E-state index in [1.807, 2.05) is 32.0 Å². The Kier molecular flexibility index (Phi) is 4.68. The first-order valence-electron chi connectivity index (χ1n) is 6.24. The van der Waals surface area contributed by atoms with Crippen molar-refractivity contribution in [1.82, 2.24) is 4.98 Å². The van der Waals surface area contributed by atoms with Crippen molar-refractivity contribution in [2.75, 3.05) is 6.61 Å². The van der Waals surface area contributed by atoms with Crippen molar-refractivity contribution in [2.45, 2.75) is 24.6 Å². The lowest BCUT2D eigenvalue weighted by molar-refractivity contribution is 0.0525. The van der Waals surface area contributed by atoms with Gasteiger partial charge in [0.05, 0.1) is 17.2 Å². The van der Waals surface area contributed by atoms with Crippen molar-refractivity contribution in [1.29, 1.82) is 0 Å². The molecule has 0 atom stereocenters. The van der Waals surface area contributed by atoms with Crippen molar-refractivity contribution in [3.8, 4) is 0 Å². The van der Waals surface area contributed by atoms with E-state index in [4.69, 9.17) is 4.74 Å². The molecule has 100 valence electrons. The Morgan fingerprint density at radius 3 is 2.74 bits per heavy atom. The van der Waals surface area contributed by atoms with Gasteiger partial charge < -0.3 is 9.72 Å². The molecule has 1 aromatic carbocycles. The molecule has 0 saturated heterocycles. The van der Waals surface area contributed by atoms with Gasteiger partial charge in [-0.3, -0.25) is 0 Å². The number of aromatic amines is 1. The highest BCUT2D eigenvalue weighted by atomic mass is 32.2. The van der Waals surface area contributed by atoms with E-state index in [2.05, 4.69) is 17.1 Å². The number of rotatable bonds is 5. The highest BCUT2D eigenvalue weighted by Crippen LogP contribution is 2.27. The summed E-state index contributed by atoms with van der Waals surface area (Å²) in [5.41, 5.74) is 2.84. The number of ether oxygens (including phenoxy) is 1. The molecule has 0 bridgehead atoms. The van der Waals surface area contributed by atoms with E-state index in [1.54, 1.807) is 18.0 Å². The molecule has 0 saturated carbocycles. The summed E-state index contributed by atoms with van der Waals surface area (Å²) in [7, 11) is 0. The third kappa shape index (κ3) is 3.41. The number of hydrogen-bond acceptors (Lipinski definition) is 3. The lowest BCUT2D eigenvalue weighted by Crippen LogP contribution is -2.04. The number of carbonyl (C=O) groups excluding carboxylic acids is 1. The van der Waals surface area contributed by atoms with Crippen molar-refractivity contribution in [3.63, 3.8) is 0 Å². The van der Waals surface area contributed by atoms with Gasteiger partial charge in [0.15, 0.2) is 0 Å². The fourth-order valence-electron chi connectivity index (χ4n) is 1.78. The summed E-state index contributed by atoms with van der Waals surface area (Å²) in [6.45, 7) is 4.15. The number of esters is 1. The Labute approximate surface area is 117 Å². The first-order chi connectivity index (χ1) is 9.22. The molecule has 1 aromatic heterocycles. The fraction of sp³-hybridized carbons (Fsp3) is 0.267. The third-order valence-corrected chi connectivity index (χ3v) is 4.00. The van der Waals surface area contributed by atoms with Crippen LogP contribution >= 0.6 is 11.8 Å². The summed E-state index contributed by atoms with van der Waals surface area (Å²) in [6, 6.07) is 10.3. The van der Waals surface area contributed by atoms with Crippen LogP contribution in [-0.2, 0) is 10.5 Å². The number of H-pyrrole nitrogens is 1. The lowest BCUT2D eigenvalue weighted by Gasteiger charge is -2.03. The molecule has 19 heavy (non-hydrogen) atoms. The predicted molar refractivity (Wildman–Crippen MR) is 77.5 cm³/mol. The van der Waals surface area contributed by atoms with Crippen LogP contribution in [-0.4, -0.2) is 17.6 Å². The van der Waals surface area contributed by atoms with Crippen LogP contribution in [0.2, 0.25) is 0 Å². The van der Waals surface area contributed by atoms with Gasteiger partial charge in [-0.15, -0.1) is 11.8 Å². The molecular weight excluding hydrogens is 258 g/mol. The Balaban J connectivity index is 2.04. The second kappa shape index (κ2) is 6.48. The minimum Gasteiger partial charge on any atom is -0.462 e. The standard InChI is InChI=1S/C15H17NO2S/c1-3-18-15(17)13-9-16-14(11(13)2)19-10-12-7-5-4-6-8-12/h4-9,16H,3,10H2,1-2H3. The van der Waals surface area contributed by atoms with Crippen LogP contribution in [0.3, 0.4) is 0 Å². The maximum absolute atomic E-state index is 11.7. The molecule has 0 aliphatic heterocycles. The normalized spacial score (nSPS) is 10.4. The van der Waals surface area contributed by atoms with Gasteiger partial charge in [-0.1, -0.05) is 30.3 Å². The van der Waals surface area contributed by atoms with E-state index >= 15 is 0 Å². The minimum absolute atomic E-state index is 0.261. The molecule has 2 aromatic rings. The van der Waals surface area contributed by atoms with Gasteiger partial charge in [-0.05, 0) is 25.0 Å². The van der Waals surface area contributed by atoms with Gasteiger partial charge in [-0.25, -0.2) is 4.79 Å². The molecule has 0 fully saturated rings. The molecule has 0 spiro atoms. The van der Waals surface area contributed by atoms with Crippen LogP contribution in [0.1, 0.15) is 28.4 Å². The van der Waals surface area contributed by atoms with Crippen molar-refractivity contribution in [3.05, 3.63) is 53.2 Å². The average Bonchev–Trinajstić information content (AvgIpc) is 2.79. The number of nitrogens with one attached hydrogen (secondary N) is 1. The zero-order chi connectivity index (χ0) is 13.7. The quantitative estimate of drug-likeness (QED) is 0.666. The maximum atomic E-state index is 11.7. The number of carbonyl (C=O) groups is 1. The number of hydrogen-bond donors (Lipinski definition) is 1. The Hall–Kier alpha value is -1.68. The summed E-state index contributed by atoms with van der Waals surface area (Å²) in [6.07, 6.45) is 1.72. The summed E-state index contributed by atoms with van der Waals surface area (Å²) in [5, 5.41) is 1.02. The van der Waals surface area contributed by atoms with Gasteiger partial charge in [0, 0.05) is 11.9 Å². The number of thioether (sulfide) groups is 1. The average molecular weight is 275 g/mol. The van der Waals surface area contributed by atoms with Crippen LogP contribution in [0.5, 0.6) is 0 Å². The zero-order valence-electron chi connectivity index (χ0n) is 11.1. The molecule has 4 heteroatoms. The molecule has 0 aliphatic carbocycles. The van der Waals surface area contributed by atoms with Crippen molar-refractivity contribution >= 4 is 17.7 Å². The predicted octanol–water partition coefficient (Wildman–Crippen LogP) is 3.79. The molecule has 0 amide bonds. The Morgan fingerprint density at radius 1 is 1.32 bits per heavy atom. The van der Waals surface area contributed by atoms with E-state index in [0.717, 1.165) is 16.3 Å². The van der Waals surface area contributed by atoms with Crippen LogP contribution in [0, 0.1) is 6.92 Å². The number of aromatic nitrogens is 1. The summed E-state index contributed by atoms with van der Waals surface area (Å²) < 4.78 is 5.02. The molecule has 0 aliphatic rings. The van der Waals surface area contributed by atoms with E-state index in [9.17, 15) is 4.79 Å². The molecule has 0 radical (unpaired) electrons. The van der Waals surface area contributed by atoms with Gasteiger partial charge in [0.25, 0.3) is 0 Å². The Morgan fingerprint density at radius 2 is 2.05 bits per heavy atom. The third-order valence-electron chi connectivity index (χ3n) is 2.81. The van der Waals surface area contributed by atoms with Gasteiger partial charge in [-0.2, -0.15) is 0 Å². The van der Waals surface area contributed by atoms with Crippen LogP contribution in [0.4, 0.5) is 0 Å². The van der Waals surface area contributed by atoms with E-state index in [1.165, 1.54) is 5.56 Å². The topological polar surface area (TPSA) is 42.1 Å². The van der Waals surface area contributed by atoms with E-state index in [-0.39, 0.29) is 5.97 Å². The van der Waals surface area contributed by atoms with Crippen molar-refractivity contribution < 1.29 is 9.53 Å². The largest absolute Gasteiger partial charge is 0.462 e. The summed E-state index contributed by atoms with van der Waals surface area (Å²) in [5.74, 6) is 0.618. The SMILES string of the molecule is CCOC(=O)c1c[nH]c(SCc2ccccc2)c1C. The molecule has 0 unspecified atom stereocenters. The fourth-order valence-corrected chi connectivity index (χ4v) is 2.75. The second-order valence-electron chi connectivity index (χ2n) is 4.15. The van der Waals surface area contributed by atoms with E-state index in [0.29, 0.717) is 12.2 Å². The van der Waals surface area contributed by atoms with Crippen LogP contribution in [0.25, 0.3) is 0 Å². The molecule has 1 heterocycles. The molecule has 1 N–H and O–H groups in total. The summed E-state index contributed by atoms with van der Waals surface area (Å²) in [4.78, 5) is 14.8. The first-order valence-corrected chi connectivity index (χ1v) is 7.22. The second-order valence-corrected chi connectivity index (χ2v) is 5.14. The van der Waals surface area contributed by atoms with Gasteiger partial charge in [0.1, 0.15) is 0 Å².